The molecule has 32 heavy (non-hydrogen) atoms. The van der Waals surface area contributed by atoms with E-state index in [0.29, 0.717) is 28.4 Å². The molecule has 1 amide bonds. The van der Waals surface area contributed by atoms with Crippen LogP contribution in [0.4, 0.5) is 5.69 Å². The fourth-order valence-electron chi connectivity index (χ4n) is 3.32. The molecule has 0 fully saturated rings. The monoisotopic (exact) mass is 462 g/mol. The molecule has 9 heteroatoms. The lowest BCUT2D eigenvalue weighted by molar-refractivity contribution is 0.102. The summed E-state index contributed by atoms with van der Waals surface area (Å²) >= 11 is 3.06. The van der Waals surface area contributed by atoms with Gasteiger partial charge in [0.25, 0.3) is 11.5 Å². The van der Waals surface area contributed by atoms with Crippen molar-refractivity contribution in [1.82, 2.24) is 14.5 Å². The van der Waals surface area contributed by atoms with Gasteiger partial charge in [0, 0.05) is 29.1 Å². The summed E-state index contributed by atoms with van der Waals surface area (Å²) in [5.41, 5.74) is 4.18. The molecule has 0 radical (unpaired) electrons. The Hall–Kier alpha value is -3.43. The highest BCUT2D eigenvalue weighted by molar-refractivity contribution is 8.00. The Morgan fingerprint density at radius 1 is 1.12 bits per heavy atom. The number of aryl methyl sites for hydroxylation is 2. The molecule has 160 valence electrons. The van der Waals surface area contributed by atoms with Crippen LogP contribution < -0.4 is 10.9 Å². The van der Waals surface area contributed by atoms with E-state index in [-0.39, 0.29) is 11.5 Å². The van der Waals surface area contributed by atoms with Gasteiger partial charge in [-0.2, -0.15) is 0 Å². The first-order valence-corrected chi connectivity index (χ1v) is 11.7. The molecule has 5 aromatic rings. The zero-order valence-electron chi connectivity index (χ0n) is 17.3. The molecule has 0 aliphatic carbocycles. The average Bonchev–Trinajstić information content (AvgIpc) is 3.34. The highest BCUT2D eigenvalue weighted by Crippen LogP contribution is 2.32. The quantitative estimate of drug-likeness (QED) is 0.367. The Bertz CT molecular complexity index is 1530. The lowest BCUT2D eigenvalue weighted by Gasteiger charge is -2.05. The maximum absolute atomic E-state index is 12.5. The van der Waals surface area contributed by atoms with Crippen molar-refractivity contribution in [3.05, 3.63) is 87.5 Å². The summed E-state index contributed by atoms with van der Waals surface area (Å²) in [6.45, 7) is 3.74. The van der Waals surface area contributed by atoms with Crippen LogP contribution in [0.3, 0.4) is 0 Å². The lowest BCUT2D eigenvalue weighted by Crippen LogP contribution is -2.12. The van der Waals surface area contributed by atoms with Crippen molar-refractivity contribution in [3.8, 4) is 0 Å². The van der Waals surface area contributed by atoms with E-state index in [1.807, 2.05) is 43.3 Å². The van der Waals surface area contributed by atoms with Crippen LogP contribution in [0, 0.1) is 13.8 Å². The summed E-state index contributed by atoms with van der Waals surface area (Å²) in [5, 5.41) is 2.95. The third-order valence-corrected chi connectivity index (χ3v) is 6.97. The number of amides is 1. The van der Waals surface area contributed by atoms with Crippen LogP contribution in [0.25, 0.3) is 15.9 Å². The molecule has 0 aliphatic heterocycles. The number of rotatable bonds is 5. The van der Waals surface area contributed by atoms with Crippen LogP contribution in [0.2, 0.25) is 0 Å². The van der Waals surface area contributed by atoms with Crippen LogP contribution >= 0.6 is 23.1 Å². The minimum atomic E-state index is -0.239. The van der Waals surface area contributed by atoms with Crippen molar-refractivity contribution >= 4 is 50.6 Å². The average molecular weight is 463 g/mol. The Morgan fingerprint density at radius 2 is 2.00 bits per heavy atom. The number of carbonyl (C=O) groups is 1. The molecule has 0 aliphatic rings. The summed E-state index contributed by atoms with van der Waals surface area (Å²) in [7, 11) is 0. The van der Waals surface area contributed by atoms with Gasteiger partial charge in [0.1, 0.15) is 5.76 Å². The van der Waals surface area contributed by atoms with E-state index in [1.54, 1.807) is 19.1 Å². The largest absolute Gasteiger partial charge is 0.375 e. The van der Waals surface area contributed by atoms with E-state index < -0.39 is 0 Å². The number of anilines is 1. The molecule has 0 saturated heterocycles. The molecular weight excluding hydrogens is 444 g/mol. The van der Waals surface area contributed by atoms with Gasteiger partial charge in [-0.15, -0.1) is 15.9 Å². The van der Waals surface area contributed by atoms with Crippen molar-refractivity contribution in [2.45, 2.75) is 23.9 Å². The van der Waals surface area contributed by atoms with E-state index >= 15 is 0 Å². The maximum atomic E-state index is 12.5. The number of hydrogen-bond acceptors (Lipinski definition) is 7. The summed E-state index contributed by atoms with van der Waals surface area (Å²) in [6, 6.07) is 16.4. The molecule has 5 rings (SSSR count). The molecule has 7 nitrogen and oxygen atoms in total. The molecule has 0 saturated carbocycles. The molecule has 0 spiro atoms. The van der Waals surface area contributed by atoms with Crippen LogP contribution in [0.15, 0.2) is 68.3 Å². The SMILES string of the molecule is Cc1cccc(C(=O)Nc2ccc3nc(SCc4cc(=O)n5oc(C)cc5n4)sc3c2)c1. The first-order chi connectivity index (χ1) is 15.4. The van der Waals surface area contributed by atoms with Crippen LogP contribution in [0.5, 0.6) is 0 Å². The third-order valence-electron chi connectivity index (χ3n) is 4.77. The lowest BCUT2D eigenvalue weighted by atomic mass is 10.1. The van der Waals surface area contributed by atoms with Crippen LogP contribution in [-0.4, -0.2) is 20.4 Å². The molecule has 2 aromatic carbocycles. The van der Waals surface area contributed by atoms with Crippen molar-refractivity contribution in [2.24, 2.45) is 0 Å². The molecule has 3 heterocycles. The van der Waals surface area contributed by atoms with Gasteiger partial charge < -0.3 is 9.84 Å². The van der Waals surface area contributed by atoms with Crippen molar-refractivity contribution in [2.75, 3.05) is 5.32 Å². The van der Waals surface area contributed by atoms with E-state index in [2.05, 4.69) is 15.3 Å². The van der Waals surface area contributed by atoms with E-state index in [9.17, 15) is 9.59 Å². The van der Waals surface area contributed by atoms with Gasteiger partial charge in [-0.1, -0.05) is 29.5 Å². The highest BCUT2D eigenvalue weighted by Gasteiger charge is 2.11. The highest BCUT2D eigenvalue weighted by atomic mass is 32.2. The van der Waals surface area contributed by atoms with Gasteiger partial charge in [0.05, 0.1) is 15.9 Å². The minimum Gasteiger partial charge on any atom is -0.375 e. The van der Waals surface area contributed by atoms with E-state index in [1.165, 1.54) is 33.7 Å². The van der Waals surface area contributed by atoms with E-state index in [0.717, 1.165) is 25.8 Å². The maximum Gasteiger partial charge on any atom is 0.287 e. The van der Waals surface area contributed by atoms with Gasteiger partial charge >= 0.3 is 0 Å². The number of benzene rings is 2. The summed E-state index contributed by atoms with van der Waals surface area (Å²) in [4.78, 5) is 33.8. The third kappa shape index (κ3) is 4.17. The Kier molecular flexibility index (Phi) is 5.28. The van der Waals surface area contributed by atoms with Crippen molar-refractivity contribution in [3.63, 3.8) is 0 Å². The number of hydrogen-bond donors (Lipinski definition) is 1. The summed E-state index contributed by atoms with van der Waals surface area (Å²) in [5.74, 6) is 1.01. The molecule has 3 aromatic heterocycles. The van der Waals surface area contributed by atoms with Gasteiger partial charge in [0.2, 0.25) is 0 Å². The number of thiazole rings is 1. The predicted octanol–water partition coefficient (Wildman–Crippen LogP) is 5.06. The standard InChI is InChI=1S/C23H18N4O3S2/c1-13-4-3-5-15(8-13)22(29)25-16-6-7-18-19(10-16)32-23(26-18)31-12-17-11-21(28)27-20(24-17)9-14(2)30-27/h3-11H,12H2,1-2H3,(H,25,29). The summed E-state index contributed by atoms with van der Waals surface area (Å²) < 4.78 is 8.36. The number of fused-ring (bicyclic) bond motifs is 2. The molecule has 0 unspecified atom stereocenters. The number of nitrogens with one attached hydrogen (secondary N) is 1. The smallest absolute Gasteiger partial charge is 0.287 e. The minimum absolute atomic E-state index is 0.144. The van der Waals surface area contributed by atoms with Gasteiger partial charge in [-0.25, -0.2) is 9.97 Å². The Morgan fingerprint density at radius 3 is 2.84 bits per heavy atom. The summed E-state index contributed by atoms with van der Waals surface area (Å²) in [6.07, 6.45) is 0. The zero-order chi connectivity index (χ0) is 22.2. The first-order valence-electron chi connectivity index (χ1n) is 9.86. The number of nitrogens with zero attached hydrogens (tertiary/aromatic N) is 3. The normalized spacial score (nSPS) is 11.3. The predicted molar refractivity (Wildman–Crippen MR) is 127 cm³/mol. The fraction of sp³-hybridized carbons (Fsp3) is 0.130. The Labute approximate surface area is 191 Å². The van der Waals surface area contributed by atoms with Crippen LogP contribution in [0.1, 0.15) is 27.4 Å². The molecule has 0 atom stereocenters. The number of thioether (sulfide) groups is 1. The molecule has 1 N–H and O–H groups in total. The second-order valence-corrected chi connectivity index (χ2v) is 9.61. The van der Waals surface area contributed by atoms with Gasteiger partial charge in [0.15, 0.2) is 9.99 Å². The zero-order valence-corrected chi connectivity index (χ0v) is 18.9. The Balaban J connectivity index is 1.32. The van der Waals surface area contributed by atoms with Crippen LogP contribution in [-0.2, 0) is 5.75 Å². The van der Waals surface area contributed by atoms with E-state index in [4.69, 9.17) is 4.52 Å². The number of aromatic nitrogens is 3. The first kappa shape index (κ1) is 20.5. The second-order valence-electron chi connectivity index (χ2n) is 7.36. The topological polar surface area (TPSA) is 89.5 Å². The fourth-order valence-corrected chi connectivity index (χ4v) is 5.32. The molecule has 0 bridgehead atoms. The molecular formula is C23H18N4O3S2. The van der Waals surface area contributed by atoms with Gasteiger partial charge in [-0.05, 0) is 44.2 Å². The van der Waals surface area contributed by atoms with Crippen molar-refractivity contribution in [1.29, 1.82) is 0 Å². The number of carbonyl (C=O) groups excluding carboxylic acids is 1. The van der Waals surface area contributed by atoms with Crippen molar-refractivity contribution < 1.29 is 9.32 Å². The van der Waals surface area contributed by atoms with Gasteiger partial charge in [-0.3, -0.25) is 9.59 Å². The second kappa shape index (κ2) is 8.25.